The maximum absolute atomic E-state index is 11.0. The molecule has 0 aromatic carbocycles. The number of aliphatic hydroxyl groups is 1. The van der Waals surface area contributed by atoms with Crippen LogP contribution >= 0.6 is 0 Å². The monoisotopic (exact) mass is 219 g/mol. The molecule has 1 rings (SSSR count). The smallest absolute Gasteiger partial charge is 0.257 e. The fourth-order valence-electron chi connectivity index (χ4n) is 1.11. The van der Waals surface area contributed by atoms with Crippen molar-refractivity contribution in [3.8, 4) is 0 Å². The van der Waals surface area contributed by atoms with Gasteiger partial charge in [0, 0.05) is 12.1 Å². The van der Waals surface area contributed by atoms with Crippen LogP contribution in [0.5, 0.6) is 0 Å². The molecule has 3 N–H and O–H groups in total. The summed E-state index contributed by atoms with van der Waals surface area (Å²) in [5.74, 6) is 0. The van der Waals surface area contributed by atoms with E-state index in [4.69, 9.17) is 10.2 Å². The number of aromatic nitrogens is 2. The molecule has 0 aliphatic heterocycles. The first-order valence-electron chi connectivity index (χ1n) is 4.08. The second-order valence-electron chi connectivity index (χ2n) is 3.22. The molecule has 0 radical (unpaired) electrons. The second-order valence-corrected chi connectivity index (χ2v) is 4.72. The zero-order chi connectivity index (χ0) is 10.9. The van der Waals surface area contributed by atoms with Crippen molar-refractivity contribution in [2.45, 2.75) is 31.5 Å². The Kier molecular flexibility index (Phi) is 2.93. The molecule has 7 heteroatoms. The first-order valence-corrected chi connectivity index (χ1v) is 5.63. The van der Waals surface area contributed by atoms with E-state index >= 15 is 0 Å². The molecule has 0 saturated carbocycles. The molecule has 14 heavy (non-hydrogen) atoms. The number of nitrogens with zero attached hydrogens (tertiary/aromatic N) is 2. The van der Waals surface area contributed by atoms with Crippen LogP contribution in [0.3, 0.4) is 0 Å². The molecule has 0 bridgehead atoms. The molecule has 0 atom stereocenters. The predicted molar refractivity (Wildman–Crippen MR) is 49.9 cm³/mol. The number of primary sulfonamides is 1. The number of hydrogen-bond donors (Lipinski definition) is 2. The summed E-state index contributed by atoms with van der Waals surface area (Å²) in [7, 11) is -3.79. The molecule has 0 amide bonds. The minimum atomic E-state index is -3.79. The number of nitrogens with two attached hydrogens (primary N) is 1. The van der Waals surface area contributed by atoms with E-state index in [0.717, 1.165) is 0 Å². The van der Waals surface area contributed by atoms with Crippen LogP contribution in [0, 0.1) is 0 Å². The molecule has 6 nitrogen and oxygen atoms in total. The summed E-state index contributed by atoms with van der Waals surface area (Å²) < 4.78 is 23.3. The average Bonchev–Trinajstić information content (AvgIpc) is 2.45. The van der Waals surface area contributed by atoms with E-state index in [-0.39, 0.29) is 17.7 Å². The lowest BCUT2D eigenvalue weighted by atomic mass is 10.3. The highest BCUT2D eigenvalue weighted by Gasteiger charge is 2.16. The Bertz CT molecular complexity index is 421. The summed E-state index contributed by atoms with van der Waals surface area (Å²) in [4.78, 5) is 0. The predicted octanol–water partition coefficient (Wildman–Crippen LogP) is -0.396. The standard InChI is InChI=1S/C7H13N3O3S/c1-5(2)10-6(4-11)3-7(9-10)14(8,12)13/h3,5,11H,4H2,1-2H3,(H2,8,12,13). The molecular formula is C7H13N3O3S. The molecule has 1 aromatic rings. The first kappa shape index (κ1) is 11.2. The van der Waals surface area contributed by atoms with Gasteiger partial charge in [-0.1, -0.05) is 0 Å². The number of rotatable bonds is 3. The molecule has 0 fully saturated rings. The van der Waals surface area contributed by atoms with Gasteiger partial charge in [0.15, 0.2) is 5.03 Å². The van der Waals surface area contributed by atoms with E-state index in [1.165, 1.54) is 10.7 Å². The lowest BCUT2D eigenvalue weighted by Gasteiger charge is -2.07. The number of aliphatic hydroxyl groups excluding tert-OH is 1. The number of sulfonamides is 1. The van der Waals surface area contributed by atoms with Crippen LogP contribution < -0.4 is 5.14 Å². The summed E-state index contributed by atoms with van der Waals surface area (Å²) in [6.07, 6.45) is 0. The van der Waals surface area contributed by atoms with Crippen LogP contribution in [-0.2, 0) is 16.6 Å². The summed E-state index contributed by atoms with van der Waals surface area (Å²) in [6, 6.07) is 1.25. The lowest BCUT2D eigenvalue weighted by Crippen LogP contribution is -2.14. The minimum Gasteiger partial charge on any atom is -0.390 e. The summed E-state index contributed by atoms with van der Waals surface area (Å²) >= 11 is 0. The molecule has 0 aliphatic rings. The maximum Gasteiger partial charge on any atom is 0.257 e. The molecule has 80 valence electrons. The van der Waals surface area contributed by atoms with Gasteiger partial charge in [0.05, 0.1) is 12.3 Å². The number of hydrogen-bond acceptors (Lipinski definition) is 4. The Morgan fingerprint density at radius 1 is 1.64 bits per heavy atom. The maximum atomic E-state index is 11.0. The fourth-order valence-corrected chi connectivity index (χ4v) is 1.61. The average molecular weight is 219 g/mol. The van der Waals surface area contributed by atoms with Crippen LogP contribution in [0.1, 0.15) is 25.6 Å². The summed E-state index contributed by atoms with van der Waals surface area (Å²) in [5, 5.41) is 17.4. The van der Waals surface area contributed by atoms with E-state index in [9.17, 15) is 8.42 Å². The largest absolute Gasteiger partial charge is 0.390 e. The van der Waals surface area contributed by atoms with Crippen molar-refractivity contribution in [1.29, 1.82) is 0 Å². The van der Waals surface area contributed by atoms with Crippen molar-refractivity contribution in [2.75, 3.05) is 0 Å². The Morgan fingerprint density at radius 2 is 2.21 bits per heavy atom. The Hall–Kier alpha value is -0.920. The van der Waals surface area contributed by atoms with Crippen LogP contribution in [0.2, 0.25) is 0 Å². The topological polar surface area (TPSA) is 98.2 Å². The van der Waals surface area contributed by atoms with Crippen LogP contribution in [0.15, 0.2) is 11.1 Å². The Balaban J connectivity index is 3.27. The van der Waals surface area contributed by atoms with E-state index in [1.807, 2.05) is 13.8 Å². The summed E-state index contributed by atoms with van der Waals surface area (Å²) in [6.45, 7) is 3.40. The zero-order valence-corrected chi connectivity index (χ0v) is 8.82. The molecular weight excluding hydrogens is 206 g/mol. The Labute approximate surface area is 82.4 Å². The van der Waals surface area contributed by atoms with Crippen LogP contribution in [0.4, 0.5) is 0 Å². The van der Waals surface area contributed by atoms with Gasteiger partial charge in [0.2, 0.25) is 0 Å². The highest BCUT2D eigenvalue weighted by molar-refractivity contribution is 7.89. The molecule has 1 heterocycles. The zero-order valence-electron chi connectivity index (χ0n) is 8.01. The van der Waals surface area contributed by atoms with Crippen LogP contribution in [0.25, 0.3) is 0 Å². The highest BCUT2D eigenvalue weighted by Crippen LogP contribution is 2.13. The van der Waals surface area contributed by atoms with Crippen molar-refractivity contribution in [3.05, 3.63) is 11.8 Å². The molecule has 1 aromatic heterocycles. The van der Waals surface area contributed by atoms with Crippen molar-refractivity contribution in [2.24, 2.45) is 5.14 Å². The molecule has 0 unspecified atom stereocenters. The highest BCUT2D eigenvalue weighted by atomic mass is 32.2. The van der Waals surface area contributed by atoms with Crippen molar-refractivity contribution in [1.82, 2.24) is 9.78 Å². The summed E-state index contributed by atoms with van der Waals surface area (Å²) in [5.41, 5.74) is 0.434. The van der Waals surface area contributed by atoms with E-state index in [1.54, 1.807) is 0 Å². The van der Waals surface area contributed by atoms with E-state index in [2.05, 4.69) is 5.10 Å². The quantitative estimate of drug-likeness (QED) is 0.722. The normalized spacial score (nSPS) is 12.4. The van der Waals surface area contributed by atoms with E-state index < -0.39 is 10.0 Å². The third-order valence-electron chi connectivity index (χ3n) is 1.73. The van der Waals surface area contributed by atoms with Gasteiger partial charge < -0.3 is 5.11 Å². The fraction of sp³-hybridized carbons (Fsp3) is 0.571. The first-order chi connectivity index (χ1) is 6.36. The molecule has 0 spiro atoms. The minimum absolute atomic E-state index is 0.0207. The van der Waals surface area contributed by atoms with E-state index in [0.29, 0.717) is 5.69 Å². The SMILES string of the molecule is CC(C)n1nc(S(N)(=O)=O)cc1CO. The lowest BCUT2D eigenvalue weighted by molar-refractivity contribution is 0.264. The van der Waals surface area contributed by atoms with Crippen LogP contribution in [-0.4, -0.2) is 23.3 Å². The van der Waals surface area contributed by atoms with Gasteiger partial charge in [-0.15, -0.1) is 0 Å². The van der Waals surface area contributed by atoms with Gasteiger partial charge >= 0.3 is 0 Å². The second kappa shape index (κ2) is 3.68. The van der Waals surface area contributed by atoms with Gasteiger partial charge in [-0.25, -0.2) is 13.6 Å². The van der Waals surface area contributed by atoms with Gasteiger partial charge in [-0.05, 0) is 13.8 Å². The van der Waals surface area contributed by atoms with Gasteiger partial charge in [-0.2, -0.15) is 5.10 Å². The van der Waals surface area contributed by atoms with Gasteiger partial charge in [-0.3, -0.25) is 4.68 Å². The third kappa shape index (κ3) is 2.11. The van der Waals surface area contributed by atoms with Crippen molar-refractivity contribution >= 4 is 10.0 Å². The molecule has 0 aliphatic carbocycles. The van der Waals surface area contributed by atoms with Crippen molar-refractivity contribution < 1.29 is 13.5 Å². The Morgan fingerprint density at radius 3 is 2.50 bits per heavy atom. The van der Waals surface area contributed by atoms with Gasteiger partial charge in [0.1, 0.15) is 0 Å². The molecule has 0 saturated heterocycles. The van der Waals surface area contributed by atoms with Crippen molar-refractivity contribution in [3.63, 3.8) is 0 Å². The third-order valence-corrected chi connectivity index (χ3v) is 2.52. The van der Waals surface area contributed by atoms with Gasteiger partial charge in [0.25, 0.3) is 10.0 Å².